The first-order valence-electron chi connectivity index (χ1n) is 33.0. The first kappa shape index (κ1) is 74.6. The number of hydrogen-bond donors (Lipinski definition) is 4. The minimum Gasteiger partial charge on any atom is -0.480 e. The van der Waals surface area contributed by atoms with E-state index in [4.69, 9.17) is 0 Å². The van der Waals surface area contributed by atoms with Crippen molar-refractivity contribution in [3.63, 3.8) is 0 Å². The maximum absolute atomic E-state index is 13.0. The molecule has 0 fully saturated rings. The molecule has 0 bridgehead atoms. The first-order chi connectivity index (χ1) is 50.3. The number of hydrogen-bond acceptors (Lipinski definition) is 12. The van der Waals surface area contributed by atoms with E-state index < -0.39 is 95.3 Å². The summed E-state index contributed by atoms with van der Waals surface area (Å²) in [7, 11) is 0. The number of carbonyl (C=O) groups excluding carboxylic acids is 8. The molecular formula is C84H60N4O16Rh2. The minimum absolute atomic E-state index is 0. The van der Waals surface area contributed by atoms with Crippen LogP contribution in [0.2, 0.25) is 0 Å². The summed E-state index contributed by atoms with van der Waals surface area (Å²) in [6, 6.07) is 72.5. The molecule has 0 saturated heterocycles. The zero-order chi connectivity index (χ0) is 73.0. The van der Waals surface area contributed by atoms with Crippen LogP contribution in [-0.2, 0) is 83.8 Å². The van der Waals surface area contributed by atoms with Crippen molar-refractivity contribution in [1.29, 1.82) is 0 Å². The predicted octanol–water partition coefficient (Wildman–Crippen LogP) is 12.5. The molecule has 0 unspecified atom stereocenters. The summed E-state index contributed by atoms with van der Waals surface area (Å²) in [6.07, 6.45) is 0.245. The third-order valence-electron chi connectivity index (χ3n) is 18.7. The number of benzene rings is 12. The van der Waals surface area contributed by atoms with E-state index >= 15 is 0 Å². The minimum atomic E-state index is -1.26. The fourth-order valence-corrected chi connectivity index (χ4v) is 13.8. The molecule has 8 amide bonds. The van der Waals surface area contributed by atoms with Gasteiger partial charge >= 0.3 is 23.9 Å². The molecule has 4 N–H and O–H groups in total. The molecule has 0 spiro atoms. The van der Waals surface area contributed by atoms with Gasteiger partial charge in [-0.2, -0.15) is 0 Å². The molecule has 16 rings (SSSR count). The molecule has 12 aromatic carbocycles. The number of amides is 8. The molecule has 12 aromatic rings. The number of carboxylic acid groups (broad SMARTS) is 4. The smallest absolute Gasteiger partial charge is 0.327 e. The van der Waals surface area contributed by atoms with Gasteiger partial charge in [-0.15, -0.1) is 0 Å². The number of carbonyl (C=O) groups is 12. The summed E-state index contributed by atoms with van der Waals surface area (Å²) < 4.78 is 0. The first-order valence-corrected chi connectivity index (χ1v) is 33.0. The van der Waals surface area contributed by atoms with Crippen molar-refractivity contribution in [3.8, 4) is 0 Å². The average molecular weight is 1590 g/mol. The molecule has 106 heavy (non-hydrogen) atoms. The van der Waals surface area contributed by atoms with Crippen LogP contribution in [0.25, 0.3) is 43.1 Å². The van der Waals surface area contributed by atoms with Crippen LogP contribution in [0.5, 0.6) is 0 Å². The van der Waals surface area contributed by atoms with Crippen LogP contribution in [0.3, 0.4) is 0 Å². The molecule has 20 nitrogen and oxygen atoms in total. The second-order valence-electron chi connectivity index (χ2n) is 24.9. The molecule has 4 heterocycles. The van der Waals surface area contributed by atoms with Crippen LogP contribution in [-0.4, -0.2) is 135 Å². The van der Waals surface area contributed by atoms with Gasteiger partial charge in [-0.3, -0.25) is 58.0 Å². The van der Waals surface area contributed by atoms with E-state index in [0.29, 0.717) is 66.1 Å². The molecule has 0 aromatic heterocycles. The van der Waals surface area contributed by atoms with E-state index in [1.807, 2.05) is 72.8 Å². The summed E-state index contributed by atoms with van der Waals surface area (Å²) in [4.78, 5) is 155. The Morgan fingerprint density at radius 2 is 0.358 bits per heavy atom. The van der Waals surface area contributed by atoms with Gasteiger partial charge in [0.05, 0.1) is 0 Å². The Morgan fingerprint density at radius 1 is 0.217 bits per heavy atom. The third kappa shape index (κ3) is 14.4. The van der Waals surface area contributed by atoms with Gasteiger partial charge < -0.3 is 20.4 Å². The summed E-state index contributed by atoms with van der Waals surface area (Å²) in [6.45, 7) is 0. The van der Waals surface area contributed by atoms with Crippen LogP contribution in [0.1, 0.15) is 105 Å². The van der Waals surface area contributed by atoms with E-state index in [2.05, 4.69) is 0 Å². The Morgan fingerprint density at radius 3 is 0.491 bits per heavy atom. The van der Waals surface area contributed by atoms with Crippen molar-refractivity contribution in [1.82, 2.24) is 19.6 Å². The van der Waals surface area contributed by atoms with Crippen molar-refractivity contribution in [3.05, 3.63) is 334 Å². The molecule has 2 radical (unpaired) electrons. The summed E-state index contributed by atoms with van der Waals surface area (Å²) >= 11 is 0. The molecule has 22 heteroatoms. The van der Waals surface area contributed by atoms with Crippen molar-refractivity contribution in [2.45, 2.75) is 49.9 Å². The predicted molar refractivity (Wildman–Crippen MR) is 384 cm³/mol. The molecule has 4 aliphatic heterocycles. The molecular weight excluding hydrogens is 1530 g/mol. The Bertz CT molecular complexity index is 4660. The van der Waals surface area contributed by atoms with Gasteiger partial charge in [-0.25, -0.2) is 19.2 Å². The third-order valence-corrected chi connectivity index (χ3v) is 18.7. The molecule has 4 aliphatic rings. The number of rotatable bonds is 16. The number of aliphatic carboxylic acids is 4. The van der Waals surface area contributed by atoms with Crippen molar-refractivity contribution in [2.75, 3.05) is 0 Å². The van der Waals surface area contributed by atoms with Crippen LogP contribution < -0.4 is 0 Å². The van der Waals surface area contributed by atoms with Crippen molar-refractivity contribution >= 4 is 114 Å². The molecule has 4 atom stereocenters. The fourth-order valence-electron chi connectivity index (χ4n) is 13.8. The number of carboxylic acids is 4. The zero-order valence-electron chi connectivity index (χ0n) is 55.7. The number of nitrogens with zero attached hydrogens (tertiary/aromatic N) is 4. The van der Waals surface area contributed by atoms with Crippen LogP contribution in [0.15, 0.2) is 267 Å². The standard InChI is InChI=1S/4C21H15NO4.2Rh/c4*23-19-15-10-4-8-14-9-5-11-16(18(14)15)20(24)22(19)17(21(25)26)12-13-6-2-1-3-7-13;;/h4*1-11,17H,12H2,(H,25,26);;/t4*17-;;/m0000../s1. The SMILES string of the molecule is O=C(O)[C@H](Cc1ccccc1)N1C(=O)c2cccc3cccc(c23)C1=O.O=C(O)[C@H](Cc1ccccc1)N1C(=O)c2cccc3cccc(c23)C1=O.O=C(O)[C@H](Cc1ccccc1)N1C(=O)c2cccc3cccc(c23)C1=O.O=C(O)[C@H](Cc1ccccc1)N1C(=O)c2cccc3cccc(c23)C1=O.[Rh].[Rh]. The van der Waals surface area contributed by atoms with E-state index in [0.717, 1.165) is 63.4 Å². The van der Waals surface area contributed by atoms with Gasteiger partial charge in [-0.1, -0.05) is 218 Å². The summed E-state index contributed by atoms with van der Waals surface area (Å²) in [5.74, 6) is -9.36. The maximum Gasteiger partial charge on any atom is 0.327 e. The van der Waals surface area contributed by atoms with Gasteiger partial charge in [-0.05, 0) is 92.3 Å². The Kier molecular flexibility index (Phi) is 22.5. The average Bonchev–Trinajstić information content (AvgIpc) is 0.763. The van der Waals surface area contributed by atoms with Gasteiger partial charge in [0.15, 0.2) is 0 Å². The Labute approximate surface area is 630 Å². The van der Waals surface area contributed by atoms with Gasteiger partial charge in [0, 0.05) is 131 Å². The monoisotopic (exact) mass is 1590 g/mol. The number of imide groups is 4. The second kappa shape index (κ2) is 31.9. The van der Waals surface area contributed by atoms with Crippen molar-refractivity contribution in [2.24, 2.45) is 0 Å². The van der Waals surface area contributed by atoms with E-state index in [-0.39, 0.29) is 64.6 Å². The largest absolute Gasteiger partial charge is 0.480 e. The summed E-state index contributed by atoms with van der Waals surface area (Å²) in [5, 5.41) is 44.4. The van der Waals surface area contributed by atoms with Gasteiger partial charge in [0.25, 0.3) is 47.3 Å². The molecule has 530 valence electrons. The summed E-state index contributed by atoms with van der Waals surface area (Å²) in [5.41, 5.74) is 5.86. The zero-order valence-corrected chi connectivity index (χ0v) is 59.0. The van der Waals surface area contributed by atoms with Crippen molar-refractivity contribution < 1.29 is 117 Å². The van der Waals surface area contributed by atoms with Crippen LogP contribution >= 0.6 is 0 Å². The van der Waals surface area contributed by atoms with E-state index in [9.17, 15) is 78.0 Å². The Balaban J connectivity index is 0.000000140. The van der Waals surface area contributed by atoms with Gasteiger partial charge in [0.2, 0.25) is 0 Å². The maximum atomic E-state index is 13.0. The van der Waals surface area contributed by atoms with Crippen LogP contribution in [0, 0.1) is 0 Å². The van der Waals surface area contributed by atoms with Gasteiger partial charge in [0.1, 0.15) is 24.2 Å². The molecule has 0 saturated carbocycles. The second-order valence-corrected chi connectivity index (χ2v) is 24.9. The van der Waals surface area contributed by atoms with Crippen LogP contribution in [0.4, 0.5) is 0 Å². The topological polar surface area (TPSA) is 299 Å². The quantitative estimate of drug-likeness (QED) is 0.0516. The fraction of sp³-hybridized carbons (Fsp3) is 0.0952. The van der Waals surface area contributed by atoms with E-state index in [1.165, 1.54) is 0 Å². The molecule has 0 aliphatic carbocycles. The Hall–Kier alpha value is -12.6. The normalized spacial score (nSPS) is 14.3. The van der Waals surface area contributed by atoms with E-state index in [1.54, 1.807) is 194 Å².